The third kappa shape index (κ3) is 8.23. The summed E-state index contributed by atoms with van der Waals surface area (Å²) in [4.78, 5) is 5.21. The molecule has 0 spiro atoms. The van der Waals surface area contributed by atoms with Crippen molar-refractivity contribution in [2.24, 2.45) is 4.99 Å². The molecule has 0 saturated carbocycles. The molecule has 1 heterocycles. The van der Waals surface area contributed by atoms with Gasteiger partial charge in [-0.05, 0) is 19.2 Å². The van der Waals surface area contributed by atoms with Crippen LogP contribution in [0.4, 0.5) is 13.2 Å². The molecule has 0 aliphatic rings. The number of rotatable bonds is 7. The number of alkyl halides is 3. The number of furan rings is 1. The molecule has 0 unspecified atom stereocenters. The van der Waals surface area contributed by atoms with Crippen molar-refractivity contribution in [2.45, 2.75) is 12.6 Å². The Morgan fingerprint density at radius 3 is 2.62 bits per heavy atom. The average Bonchev–Trinajstić information content (AvgIpc) is 2.88. The molecule has 0 radical (unpaired) electrons. The van der Waals surface area contributed by atoms with Crippen molar-refractivity contribution in [3.05, 3.63) is 24.2 Å². The second kappa shape index (κ2) is 8.56. The predicted molar refractivity (Wildman–Crippen MR) is 75.3 cm³/mol. The maximum Gasteiger partial charge on any atom is 0.401 e. The molecule has 120 valence electrons. The number of nitrogens with one attached hydrogen (secondary N) is 2. The van der Waals surface area contributed by atoms with E-state index in [1.54, 1.807) is 13.3 Å². The zero-order chi connectivity index (χ0) is 15.7. The molecule has 1 aromatic heterocycles. The molecule has 0 aliphatic heterocycles. The van der Waals surface area contributed by atoms with Crippen LogP contribution in [0.25, 0.3) is 0 Å². The topological polar surface area (TPSA) is 52.8 Å². The van der Waals surface area contributed by atoms with Gasteiger partial charge in [-0.2, -0.15) is 13.2 Å². The van der Waals surface area contributed by atoms with E-state index < -0.39 is 12.7 Å². The van der Waals surface area contributed by atoms with Crippen molar-refractivity contribution in [2.75, 3.05) is 40.3 Å². The van der Waals surface area contributed by atoms with Crippen LogP contribution in [0.1, 0.15) is 5.76 Å². The molecule has 0 atom stereocenters. The summed E-state index contributed by atoms with van der Waals surface area (Å²) in [6.45, 7) is 0.371. The lowest BCUT2D eigenvalue weighted by atomic mass is 10.3. The SMILES string of the molecule is CN=C(NCCc1ccco1)NCCN(C)CC(F)(F)F. The monoisotopic (exact) mass is 306 g/mol. The summed E-state index contributed by atoms with van der Waals surface area (Å²) in [6, 6.07) is 3.70. The summed E-state index contributed by atoms with van der Waals surface area (Å²) in [5.74, 6) is 1.42. The number of likely N-dealkylation sites (N-methyl/N-ethyl adjacent to an activating group) is 1. The van der Waals surface area contributed by atoms with E-state index in [0.29, 0.717) is 25.5 Å². The molecule has 0 saturated heterocycles. The Labute approximate surface area is 122 Å². The van der Waals surface area contributed by atoms with Crippen molar-refractivity contribution in [1.82, 2.24) is 15.5 Å². The van der Waals surface area contributed by atoms with Crippen LogP contribution in [0.2, 0.25) is 0 Å². The maximum atomic E-state index is 12.2. The lowest BCUT2D eigenvalue weighted by Crippen LogP contribution is -2.42. The van der Waals surface area contributed by atoms with Crippen molar-refractivity contribution in [3.8, 4) is 0 Å². The maximum absolute atomic E-state index is 12.2. The first-order valence-corrected chi connectivity index (χ1v) is 6.63. The second-order valence-electron chi connectivity index (χ2n) is 4.61. The summed E-state index contributed by atoms with van der Waals surface area (Å²) < 4.78 is 41.7. The fourth-order valence-electron chi connectivity index (χ4n) is 1.73. The molecule has 0 bridgehead atoms. The molecule has 1 aromatic rings. The first-order valence-electron chi connectivity index (χ1n) is 6.63. The van der Waals surface area contributed by atoms with Crippen molar-refractivity contribution < 1.29 is 17.6 Å². The zero-order valence-corrected chi connectivity index (χ0v) is 12.2. The molecule has 0 aliphatic carbocycles. The minimum absolute atomic E-state index is 0.276. The molecule has 2 N–H and O–H groups in total. The predicted octanol–water partition coefficient (Wildman–Crippen LogP) is 1.48. The summed E-state index contributed by atoms with van der Waals surface area (Å²) in [7, 11) is 3.05. The molecule has 5 nitrogen and oxygen atoms in total. The Morgan fingerprint density at radius 1 is 1.33 bits per heavy atom. The van der Waals surface area contributed by atoms with Crippen LogP contribution in [0.5, 0.6) is 0 Å². The van der Waals surface area contributed by atoms with Gasteiger partial charge in [0.15, 0.2) is 5.96 Å². The van der Waals surface area contributed by atoms with Crippen LogP contribution in [0.15, 0.2) is 27.8 Å². The molecule has 21 heavy (non-hydrogen) atoms. The largest absolute Gasteiger partial charge is 0.469 e. The summed E-state index contributed by atoms with van der Waals surface area (Å²) in [6.07, 6.45) is -1.85. The highest BCUT2D eigenvalue weighted by atomic mass is 19.4. The van der Waals surface area contributed by atoms with Gasteiger partial charge in [-0.15, -0.1) is 0 Å². The Kier molecular flexibility index (Phi) is 7.07. The van der Waals surface area contributed by atoms with Gasteiger partial charge >= 0.3 is 6.18 Å². The smallest absolute Gasteiger partial charge is 0.401 e. The minimum atomic E-state index is -4.17. The number of hydrogen-bond acceptors (Lipinski definition) is 3. The number of hydrogen-bond donors (Lipinski definition) is 2. The summed E-state index contributed by atoms with van der Waals surface area (Å²) in [5.41, 5.74) is 0. The van der Waals surface area contributed by atoms with Gasteiger partial charge in [-0.25, -0.2) is 0 Å². The third-order valence-corrected chi connectivity index (χ3v) is 2.70. The highest BCUT2D eigenvalue weighted by Gasteiger charge is 2.28. The van der Waals surface area contributed by atoms with Gasteiger partial charge in [0.2, 0.25) is 0 Å². The van der Waals surface area contributed by atoms with E-state index in [0.717, 1.165) is 5.76 Å². The van der Waals surface area contributed by atoms with E-state index in [1.807, 2.05) is 12.1 Å². The highest BCUT2D eigenvalue weighted by molar-refractivity contribution is 5.79. The standard InChI is InChI=1S/C13H21F3N4O/c1-17-12(18-6-5-11-4-3-9-21-11)19-7-8-20(2)10-13(14,15)16/h3-4,9H,5-8,10H2,1-2H3,(H2,17,18,19). The van der Waals surface area contributed by atoms with E-state index in [2.05, 4.69) is 15.6 Å². The Hall–Kier alpha value is -1.70. The Bertz CT molecular complexity index is 418. The second-order valence-corrected chi connectivity index (χ2v) is 4.61. The van der Waals surface area contributed by atoms with Crippen LogP contribution in [0.3, 0.4) is 0 Å². The average molecular weight is 306 g/mol. The van der Waals surface area contributed by atoms with Crippen molar-refractivity contribution >= 4 is 5.96 Å². The van der Waals surface area contributed by atoms with Crippen LogP contribution >= 0.6 is 0 Å². The number of nitrogens with zero attached hydrogens (tertiary/aromatic N) is 2. The normalized spacial score (nSPS) is 12.8. The van der Waals surface area contributed by atoms with Crippen LogP contribution < -0.4 is 10.6 Å². The van der Waals surface area contributed by atoms with Gasteiger partial charge in [-0.3, -0.25) is 9.89 Å². The lowest BCUT2D eigenvalue weighted by molar-refractivity contribution is -0.142. The van der Waals surface area contributed by atoms with Crippen LogP contribution in [0, 0.1) is 0 Å². The first kappa shape index (κ1) is 17.4. The molecule has 0 fully saturated rings. The Balaban J connectivity index is 2.16. The Morgan fingerprint density at radius 2 is 2.05 bits per heavy atom. The molecule has 8 heteroatoms. The van der Waals surface area contributed by atoms with E-state index in [4.69, 9.17) is 4.42 Å². The minimum Gasteiger partial charge on any atom is -0.469 e. The van der Waals surface area contributed by atoms with E-state index in [1.165, 1.54) is 11.9 Å². The van der Waals surface area contributed by atoms with Gasteiger partial charge in [0, 0.05) is 33.1 Å². The number of aliphatic imine (C=N–C) groups is 1. The molecular weight excluding hydrogens is 285 g/mol. The van der Waals surface area contributed by atoms with Crippen LogP contribution in [-0.4, -0.2) is 57.3 Å². The third-order valence-electron chi connectivity index (χ3n) is 2.70. The molecule has 0 amide bonds. The van der Waals surface area contributed by atoms with Crippen molar-refractivity contribution in [1.29, 1.82) is 0 Å². The van der Waals surface area contributed by atoms with E-state index in [-0.39, 0.29) is 6.54 Å². The van der Waals surface area contributed by atoms with Gasteiger partial charge in [0.1, 0.15) is 5.76 Å². The molecule has 1 rings (SSSR count). The first-order chi connectivity index (χ1) is 9.90. The van der Waals surface area contributed by atoms with E-state index >= 15 is 0 Å². The highest BCUT2D eigenvalue weighted by Crippen LogP contribution is 2.14. The number of halogens is 3. The van der Waals surface area contributed by atoms with E-state index in [9.17, 15) is 13.2 Å². The summed E-state index contributed by atoms with van der Waals surface area (Å²) >= 11 is 0. The van der Waals surface area contributed by atoms with Gasteiger partial charge < -0.3 is 15.1 Å². The van der Waals surface area contributed by atoms with Gasteiger partial charge in [0.05, 0.1) is 12.8 Å². The van der Waals surface area contributed by atoms with Gasteiger partial charge in [0.25, 0.3) is 0 Å². The van der Waals surface area contributed by atoms with Gasteiger partial charge in [-0.1, -0.05) is 0 Å². The quantitative estimate of drug-likeness (QED) is 0.592. The fourth-order valence-corrected chi connectivity index (χ4v) is 1.73. The molecular formula is C13H21F3N4O. The lowest BCUT2D eigenvalue weighted by Gasteiger charge is -2.19. The fraction of sp³-hybridized carbons (Fsp3) is 0.615. The van der Waals surface area contributed by atoms with Crippen LogP contribution in [-0.2, 0) is 6.42 Å². The van der Waals surface area contributed by atoms with Crippen molar-refractivity contribution in [3.63, 3.8) is 0 Å². The number of guanidine groups is 1. The zero-order valence-electron chi connectivity index (χ0n) is 12.2. The summed E-state index contributed by atoms with van der Waals surface area (Å²) in [5, 5.41) is 6.03. The molecule has 0 aromatic carbocycles.